The average molecular weight is 345 g/mol. The number of amides is 1. The molecule has 0 N–H and O–H groups in total. The zero-order valence-corrected chi connectivity index (χ0v) is 14.9. The molecule has 3 unspecified atom stereocenters. The van der Waals surface area contributed by atoms with Crippen molar-refractivity contribution in [1.29, 1.82) is 0 Å². The summed E-state index contributed by atoms with van der Waals surface area (Å²) in [5, 5.41) is 0. The zero-order chi connectivity index (χ0) is 17.6. The molecule has 1 saturated heterocycles. The van der Waals surface area contributed by atoms with Crippen molar-refractivity contribution >= 4 is 11.9 Å². The molecule has 1 aliphatic carbocycles. The van der Waals surface area contributed by atoms with Crippen molar-refractivity contribution in [3.8, 4) is 0 Å². The van der Waals surface area contributed by atoms with Gasteiger partial charge in [0.1, 0.15) is 6.10 Å². The highest BCUT2D eigenvalue weighted by molar-refractivity contribution is 5.81. The smallest absolute Gasteiger partial charge is 0.309 e. The van der Waals surface area contributed by atoms with Crippen LogP contribution in [0.3, 0.4) is 0 Å². The van der Waals surface area contributed by atoms with E-state index in [2.05, 4.69) is 12.1 Å². The van der Waals surface area contributed by atoms with Crippen molar-refractivity contribution in [2.75, 3.05) is 26.3 Å². The minimum Gasteiger partial charge on any atom is -0.466 e. The molecule has 0 radical (unpaired) electrons. The number of ether oxygens (including phenoxy) is 2. The Bertz CT molecular complexity index is 583. The molecule has 3 atom stereocenters. The standard InChI is InChI=1S/C20H27NO4/c1-2-24-20(23)17-13-16(17)14-21(19(22)18-9-6-12-25-18)11-10-15-7-4-3-5-8-15/h3-5,7-8,16-18H,2,6,9-14H2,1H3. The van der Waals surface area contributed by atoms with Crippen LogP contribution in [0.2, 0.25) is 0 Å². The molecule has 25 heavy (non-hydrogen) atoms. The molecule has 0 bridgehead atoms. The van der Waals surface area contributed by atoms with Crippen molar-refractivity contribution in [1.82, 2.24) is 4.90 Å². The van der Waals surface area contributed by atoms with Crippen LogP contribution < -0.4 is 0 Å². The fourth-order valence-corrected chi connectivity index (χ4v) is 3.45. The minimum absolute atomic E-state index is 0.0449. The monoisotopic (exact) mass is 345 g/mol. The Morgan fingerprint density at radius 3 is 2.76 bits per heavy atom. The number of benzene rings is 1. The second-order valence-corrected chi connectivity index (χ2v) is 6.88. The largest absolute Gasteiger partial charge is 0.466 e. The van der Waals surface area contributed by atoms with Crippen molar-refractivity contribution in [2.45, 2.75) is 38.7 Å². The summed E-state index contributed by atoms with van der Waals surface area (Å²) in [7, 11) is 0. The van der Waals surface area contributed by atoms with Gasteiger partial charge in [0.2, 0.25) is 0 Å². The van der Waals surface area contributed by atoms with Gasteiger partial charge in [-0.3, -0.25) is 9.59 Å². The number of nitrogens with zero attached hydrogens (tertiary/aromatic N) is 1. The number of carbonyl (C=O) groups is 2. The lowest BCUT2D eigenvalue weighted by atomic mass is 10.1. The van der Waals surface area contributed by atoms with Gasteiger partial charge in [-0.05, 0) is 44.1 Å². The maximum Gasteiger partial charge on any atom is 0.309 e. The summed E-state index contributed by atoms with van der Waals surface area (Å²) in [5.41, 5.74) is 1.21. The number of carbonyl (C=O) groups excluding carboxylic acids is 2. The third kappa shape index (κ3) is 4.82. The Balaban J connectivity index is 1.58. The van der Waals surface area contributed by atoms with Gasteiger partial charge in [0.05, 0.1) is 12.5 Å². The van der Waals surface area contributed by atoms with Crippen LogP contribution in [0.15, 0.2) is 30.3 Å². The lowest BCUT2D eigenvalue weighted by Crippen LogP contribution is -2.41. The average Bonchev–Trinajstić information content (AvgIpc) is 3.18. The summed E-state index contributed by atoms with van der Waals surface area (Å²) in [6, 6.07) is 10.2. The summed E-state index contributed by atoms with van der Waals surface area (Å²) in [5.74, 6) is 0.125. The van der Waals surface area contributed by atoms with Gasteiger partial charge in [0.15, 0.2) is 0 Å². The number of hydrogen-bond acceptors (Lipinski definition) is 4. The molecule has 1 aromatic rings. The van der Waals surface area contributed by atoms with Crippen LogP contribution in [0.4, 0.5) is 0 Å². The van der Waals surface area contributed by atoms with E-state index in [9.17, 15) is 9.59 Å². The van der Waals surface area contributed by atoms with Gasteiger partial charge in [-0.2, -0.15) is 0 Å². The number of esters is 1. The molecule has 1 amide bonds. The van der Waals surface area contributed by atoms with Crippen LogP contribution in [0.1, 0.15) is 31.7 Å². The molecule has 0 spiro atoms. The van der Waals surface area contributed by atoms with E-state index in [1.807, 2.05) is 30.0 Å². The predicted molar refractivity (Wildman–Crippen MR) is 93.9 cm³/mol. The Hall–Kier alpha value is -1.88. The van der Waals surface area contributed by atoms with Crippen LogP contribution in [-0.4, -0.2) is 49.2 Å². The zero-order valence-electron chi connectivity index (χ0n) is 14.9. The SMILES string of the molecule is CCOC(=O)C1CC1CN(CCc1ccccc1)C(=O)C1CCCO1. The topological polar surface area (TPSA) is 55.8 Å². The van der Waals surface area contributed by atoms with Crippen molar-refractivity contribution in [3.05, 3.63) is 35.9 Å². The highest BCUT2D eigenvalue weighted by Gasteiger charge is 2.46. The molecule has 5 nitrogen and oxygen atoms in total. The minimum atomic E-state index is -0.310. The Morgan fingerprint density at radius 2 is 2.08 bits per heavy atom. The predicted octanol–water partition coefficient (Wildman–Crippen LogP) is 2.44. The highest BCUT2D eigenvalue weighted by atomic mass is 16.5. The second kappa shape index (κ2) is 8.48. The molecule has 2 fully saturated rings. The van der Waals surface area contributed by atoms with Crippen LogP contribution in [0.5, 0.6) is 0 Å². The summed E-state index contributed by atoms with van der Waals surface area (Å²) in [4.78, 5) is 26.6. The number of hydrogen-bond donors (Lipinski definition) is 0. The van der Waals surface area contributed by atoms with Gasteiger partial charge in [-0.25, -0.2) is 0 Å². The lowest BCUT2D eigenvalue weighted by Gasteiger charge is -2.25. The van der Waals surface area contributed by atoms with E-state index in [0.717, 1.165) is 25.7 Å². The fraction of sp³-hybridized carbons (Fsp3) is 0.600. The van der Waals surface area contributed by atoms with Gasteiger partial charge >= 0.3 is 5.97 Å². The fourth-order valence-electron chi connectivity index (χ4n) is 3.45. The van der Waals surface area contributed by atoms with Gasteiger partial charge < -0.3 is 14.4 Å². The summed E-state index contributed by atoms with van der Waals surface area (Å²) < 4.78 is 10.7. The third-order valence-electron chi connectivity index (χ3n) is 5.00. The van der Waals surface area contributed by atoms with Crippen molar-refractivity contribution in [2.24, 2.45) is 11.8 Å². The van der Waals surface area contributed by atoms with Gasteiger partial charge in [0.25, 0.3) is 5.91 Å². The molecule has 0 aromatic heterocycles. The van der Waals surface area contributed by atoms with Gasteiger partial charge in [-0.1, -0.05) is 30.3 Å². The Labute approximate surface area is 149 Å². The molecule has 1 aliphatic heterocycles. The van der Waals surface area contributed by atoms with E-state index in [0.29, 0.717) is 26.3 Å². The molecule has 5 heteroatoms. The van der Waals surface area contributed by atoms with E-state index in [1.165, 1.54) is 5.56 Å². The van der Waals surface area contributed by atoms with Crippen molar-refractivity contribution in [3.63, 3.8) is 0 Å². The van der Waals surface area contributed by atoms with Crippen LogP contribution in [0.25, 0.3) is 0 Å². The maximum atomic E-state index is 12.8. The quantitative estimate of drug-likeness (QED) is 0.679. The first-order valence-electron chi connectivity index (χ1n) is 9.30. The van der Waals surface area contributed by atoms with E-state index < -0.39 is 0 Å². The second-order valence-electron chi connectivity index (χ2n) is 6.88. The summed E-state index contributed by atoms with van der Waals surface area (Å²) in [6.45, 7) is 4.18. The van der Waals surface area contributed by atoms with E-state index in [4.69, 9.17) is 9.47 Å². The first-order chi connectivity index (χ1) is 12.2. The molecule has 136 valence electrons. The molecule has 2 aliphatic rings. The van der Waals surface area contributed by atoms with E-state index in [-0.39, 0.29) is 29.8 Å². The highest BCUT2D eigenvalue weighted by Crippen LogP contribution is 2.40. The van der Waals surface area contributed by atoms with E-state index >= 15 is 0 Å². The molecular weight excluding hydrogens is 318 g/mol. The maximum absolute atomic E-state index is 12.8. The summed E-state index contributed by atoms with van der Waals surface area (Å²) >= 11 is 0. The summed E-state index contributed by atoms with van der Waals surface area (Å²) in [6.07, 6.45) is 3.07. The Kier molecular flexibility index (Phi) is 6.08. The van der Waals surface area contributed by atoms with Crippen molar-refractivity contribution < 1.29 is 19.1 Å². The van der Waals surface area contributed by atoms with E-state index in [1.54, 1.807) is 0 Å². The van der Waals surface area contributed by atoms with Crippen LogP contribution >= 0.6 is 0 Å². The molecule has 3 rings (SSSR count). The van der Waals surface area contributed by atoms with Gasteiger partial charge in [-0.15, -0.1) is 0 Å². The van der Waals surface area contributed by atoms with Crippen LogP contribution in [0, 0.1) is 11.8 Å². The molecule has 1 heterocycles. The molecular formula is C20H27NO4. The molecule has 1 aromatic carbocycles. The number of rotatable bonds is 8. The third-order valence-corrected chi connectivity index (χ3v) is 5.00. The van der Waals surface area contributed by atoms with Gasteiger partial charge in [0, 0.05) is 19.7 Å². The molecule has 1 saturated carbocycles. The van der Waals surface area contributed by atoms with Crippen LogP contribution in [-0.2, 0) is 25.5 Å². The first kappa shape index (κ1) is 17.9. The Morgan fingerprint density at radius 1 is 1.28 bits per heavy atom. The first-order valence-corrected chi connectivity index (χ1v) is 9.30. The lowest BCUT2D eigenvalue weighted by molar-refractivity contribution is -0.146. The normalized spacial score (nSPS) is 24.8.